The Kier molecular flexibility index (Phi) is 9.99. The molecule has 0 aliphatic heterocycles. The van der Waals surface area contributed by atoms with E-state index in [9.17, 15) is 18.0 Å². The average Bonchev–Trinajstić information content (AvgIpc) is 3.64. The number of amides is 2. The molecule has 12 heteroatoms. The number of hydrogen-bond donors (Lipinski definition) is 1. The maximum Gasteiger partial charge on any atom is 0.573 e. The smallest absolute Gasteiger partial charge is 0.406 e. The lowest BCUT2D eigenvalue weighted by molar-refractivity contribution is -0.274. The molecule has 47 heavy (non-hydrogen) atoms. The molecule has 0 spiro atoms. The van der Waals surface area contributed by atoms with Crippen LogP contribution in [0, 0.1) is 19.3 Å². The van der Waals surface area contributed by atoms with Gasteiger partial charge >= 0.3 is 12.4 Å². The van der Waals surface area contributed by atoms with Crippen LogP contribution in [-0.2, 0) is 12.8 Å². The molecular formula is C35H37F3N6O2S. The van der Waals surface area contributed by atoms with Gasteiger partial charge in [-0.05, 0) is 79.1 Å². The highest BCUT2D eigenvalue weighted by atomic mass is 32.1. The van der Waals surface area contributed by atoms with E-state index >= 15 is 0 Å². The molecule has 3 aromatic carbocycles. The normalized spacial score (nSPS) is 12.4. The van der Waals surface area contributed by atoms with E-state index in [2.05, 4.69) is 75.6 Å². The van der Waals surface area contributed by atoms with Gasteiger partial charge in [-0.25, -0.2) is 14.5 Å². The molecule has 0 bridgehead atoms. The highest BCUT2D eigenvalue weighted by molar-refractivity contribution is 7.07. The summed E-state index contributed by atoms with van der Waals surface area (Å²) in [6, 6.07) is 19.3. The first-order chi connectivity index (χ1) is 22.3. The number of hydrogen-bond acceptors (Lipinski definition) is 5. The number of carbonyl (C=O) groups excluding carboxylic acids is 1. The van der Waals surface area contributed by atoms with Crippen molar-refractivity contribution in [1.29, 1.82) is 0 Å². The molecule has 0 saturated heterocycles. The zero-order valence-electron chi connectivity index (χ0n) is 26.9. The number of ether oxygens (including phenoxy) is 1. The fourth-order valence-corrected chi connectivity index (χ4v) is 6.14. The zero-order chi connectivity index (χ0) is 33.8. The number of carbonyl (C=O) groups is 1. The SMILES string of the molecule is CCCc1ccc(C)cc1-n1c(C)cs/c1=N\C(=O)NCC(C)(C)Cc1ccc(-c2ncn(-c3ccc(OC(F)(F)F)cc3)n2)cc1. The minimum absolute atomic E-state index is 0.249. The number of aromatic nitrogens is 4. The van der Waals surface area contributed by atoms with Crippen LogP contribution < -0.4 is 14.9 Å². The molecule has 0 aliphatic carbocycles. The van der Waals surface area contributed by atoms with Gasteiger partial charge in [0.1, 0.15) is 12.1 Å². The number of aryl methyl sites for hydroxylation is 3. The number of benzene rings is 3. The third-order valence-corrected chi connectivity index (χ3v) is 8.46. The summed E-state index contributed by atoms with van der Waals surface area (Å²) < 4.78 is 44.8. The first-order valence-electron chi connectivity index (χ1n) is 15.3. The first-order valence-corrected chi connectivity index (χ1v) is 16.1. The Labute approximate surface area is 275 Å². The predicted octanol–water partition coefficient (Wildman–Crippen LogP) is 8.13. The summed E-state index contributed by atoms with van der Waals surface area (Å²) >= 11 is 1.45. The van der Waals surface area contributed by atoms with Crippen LogP contribution >= 0.6 is 11.3 Å². The van der Waals surface area contributed by atoms with Crippen LogP contribution in [0.1, 0.15) is 49.6 Å². The highest BCUT2D eigenvalue weighted by Gasteiger charge is 2.31. The molecule has 1 N–H and O–H groups in total. The van der Waals surface area contributed by atoms with Crippen molar-refractivity contribution in [2.75, 3.05) is 6.54 Å². The molecule has 0 radical (unpaired) electrons. The minimum atomic E-state index is -4.75. The predicted molar refractivity (Wildman–Crippen MR) is 177 cm³/mol. The van der Waals surface area contributed by atoms with Crippen LogP contribution in [0.3, 0.4) is 0 Å². The minimum Gasteiger partial charge on any atom is -0.406 e. The van der Waals surface area contributed by atoms with Gasteiger partial charge in [0.2, 0.25) is 0 Å². The molecule has 0 saturated carbocycles. The van der Waals surface area contributed by atoms with Crippen LogP contribution in [-0.4, -0.2) is 38.3 Å². The van der Waals surface area contributed by atoms with Gasteiger partial charge in [0.15, 0.2) is 10.6 Å². The summed E-state index contributed by atoms with van der Waals surface area (Å²) in [4.78, 5) is 22.5. The van der Waals surface area contributed by atoms with Crippen LogP contribution in [0.4, 0.5) is 18.0 Å². The lowest BCUT2D eigenvalue weighted by atomic mass is 9.85. The Morgan fingerprint density at radius 1 is 1.02 bits per heavy atom. The van der Waals surface area contributed by atoms with Gasteiger partial charge in [-0.2, -0.15) is 4.99 Å². The fourth-order valence-electron chi connectivity index (χ4n) is 5.27. The summed E-state index contributed by atoms with van der Waals surface area (Å²) in [5, 5.41) is 9.49. The number of urea groups is 1. The van der Waals surface area contributed by atoms with E-state index in [1.165, 1.54) is 52.2 Å². The average molecular weight is 663 g/mol. The van der Waals surface area contributed by atoms with E-state index in [4.69, 9.17) is 0 Å². The van der Waals surface area contributed by atoms with Crippen molar-refractivity contribution in [2.24, 2.45) is 10.4 Å². The standard InChI is InChI=1S/C35H37F3N6O2S/c1-6-7-26-11-8-23(2)18-30(26)44-24(3)20-47-33(44)41-32(45)39-21-34(4,5)19-25-9-12-27(13-10-25)31-40-22-43(42-31)28-14-16-29(17-15-28)46-35(36,37)38/h8-18,20,22H,6-7,19,21H2,1-5H3,(H,39,45)/b41-33-. The molecule has 5 aromatic rings. The second kappa shape index (κ2) is 14.0. The van der Waals surface area contributed by atoms with Crippen molar-refractivity contribution < 1.29 is 22.7 Å². The van der Waals surface area contributed by atoms with E-state index in [1.54, 1.807) is 0 Å². The van der Waals surface area contributed by atoms with E-state index < -0.39 is 6.36 Å². The summed E-state index contributed by atoms with van der Waals surface area (Å²) in [5.74, 6) is 0.174. The zero-order valence-corrected chi connectivity index (χ0v) is 27.7. The van der Waals surface area contributed by atoms with Crippen molar-refractivity contribution in [3.8, 4) is 28.5 Å². The van der Waals surface area contributed by atoms with Gasteiger partial charge in [0.05, 0.1) is 11.4 Å². The van der Waals surface area contributed by atoms with Crippen LogP contribution in [0.25, 0.3) is 22.8 Å². The van der Waals surface area contributed by atoms with E-state index in [1.807, 2.05) is 36.6 Å². The number of halogens is 3. The quantitative estimate of drug-likeness (QED) is 0.164. The second-order valence-corrected chi connectivity index (χ2v) is 13.1. The molecule has 246 valence electrons. The van der Waals surface area contributed by atoms with Crippen molar-refractivity contribution in [3.63, 3.8) is 0 Å². The van der Waals surface area contributed by atoms with Gasteiger partial charge < -0.3 is 10.1 Å². The third kappa shape index (κ3) is 8.76. The van der Waals surface area contributed by atoms with Gasteiger partial charge in [0, 0.05) is 23.2 Å². The summed E-state index contributed by atoms with van der Waals surface area (Å²) in [6.45, 7) is 10.9. The van der Waals surface area contributed by atoms with Crippen molar-refractivity contribution in [3.05, 3.63) is 106 Å². The van der Waals surface area contributed by atoms with Crippen LogP contribution in [0.2, 0.25) is 0 Å². The molecule has 5 rings (SSSR count). The molecule has 0 aliphatic rings. The lowest BCUT2D eigenvalue weighted by Gasteiger charge is -2.24. The molecule has 2 aromatic heterocycles. The van der Waals surface area contributed by atoms with Crippen LogP contribution in [0.15, 0.2) is 83.4 Å². The third-order valence-electron chi connectivity index (χ3n) is 7.52. The molecule has 0 unspecified atom stereocenters. The Morgan fingerprint density at radius 2 is 1.74 bits per heavy atom. The monoisotopic (exact) mass is 662 g/mol. The van der Waals surface area contributed by atoms with Gasteiger partial charge in [-0.3, -0.25) is 4.57 Å². The van der Waals surface area contributed by atoms with Crippen molar-refractivity contribution in [1.82, 2.24) is 24.6 Å². The molecule has 0 fully saturated rings. The van der Waals surface area contributed by atoms with Crippen LogP contribution in [0.5, 0.6) is 5.75 Å². The molecular weight excluding hydrogens is 625 g/mol. The Bertz CT molecular complexity index is 1910. The molecule has 0 atom stereocenters. The fraction of sp³-hybridized carbons (Fsp3) is 0.314. The number of nitrogens with one attached hydrogen (secondary N) is 1. The Morgan fingerprint density at radius 3 is 2.43 bits per heavy atom. The maximum absolute atomic E-state index is 13.0. The second-order valence-electron chi connectivity index (χ2n) is 12.2. The Hall–Kier alpha value is -4.71. The van der Waals surface area contributed by atoms with Crippen molar-refractivity contribution in [2.45, 2.75) is 60.2 Å². The van der Waals surface area contributed by atoms with E-state index in [-0.39, 0.29) is 17.2 Å². The highest BCUT2D eigenvalue weighted by Crippen LogP contribution is 2.26. The lowest BCUT2D eigenvalue weighted by Crippen LogP contribution is -2.35. The summed E-state index contributed by atoms with van der Waals surface area (Å²) in [5.41, 5.74) is 6.66. The first kappa shape index (κ1) is 33.6. The topological polar surface area (TPSA) is 86.3 Å². The summed E-state index contributed by atoms with van der Waals surface area (Å²) in [6.07, 6.45) is -0.565. The van der Waals surface area contributed by atoms with Gasteiger partial charge in [-0.15, -0.1) is 29.6 Å². The van der Waals surface area contributed by atoms with Crippen molar-refractivity contribution >= 4 is 17.4 Å². The maximum atomic E-state index is 13.0. The largest absolute Gasteiger partial charge is 0.573 e. The number of thiazole rings is 1. The number of alkyl halides is 3. The van der Waals surface area contributed by atoms with E-state index in [0.717, 1.165) is 40.9 Å². The van der Waals surface area contributed by atoms with Gasteiger partial charge in [-0.1, -0.05) is 63.6 Å². The number of rotatable bonds is 10. The number of nitrogens with zero attached hydrogens (tertiary/aromatic N) is 5. The molecule has 2 heterocycles. The molecule has 2 amide bonds. The Balaban J connectivity index is 1.21. The van der Waals surface area contributed by atoms with E-state index in [0.29, 0.717) is 29.3 Å². The van der Waals surface area contributed by atoms with Gasteiger partial charge in [0.25, 0.3) is 0 Å². The summed E-state index contributed by atoms with van der Waals surface area (Å²) in [7, 11) is 0. The molecule has 8 nitrogen and oxygen atoms in total.